The summed E-state index contributed by atoms with van der Waals surface area (Å²) in [7, 11) is 0. The average Bonchev–Trinajstić information content (AvgIpc) is 3.08. The molecule has 5 nitrogen and oxygen atoms in total. The molecule has 1 unspecified atom stereocenters. The molecule has 30 heavy (non-hydrogen) atoms. The molecule has 0 aromatic heterocycles. The van der Waals surface area contributed by atoms with Crippen LogP contribution >= 0.6 is 0 Å². The second kappa shape index (κ2) is 9.75. The van der Waals surface area contributed by atoms with Crippen LogP contribution in [0.1, 0.15) is 24.0 Å². The van der Waals surface area contributed by atoms with E-state index in [1.54, 1.807) is 30.3 Å². The van der Waals surface area contributed by atoms with Crippen molar-refractivity contribution in [1.82, 2.24) is 4.90 Å². The number of rotatable bonds is 8. The molecule has 1 heterocycles. The fourth-order valence-corrected chi connectivity index (χ4v) is 3.29. The molecule has 2 amide bonds. The van der Waals surface area contributed by atoms with E-state index in [4.69, 9.17) is 9.47 Å². The van der Waals surface area contributed by atoms with Crippen LogP contribution in [0.25, 0.3) is 0 Å². The van der Waals surface area contributed by atoms with Gasteiger partial charge in [0.15, 0.2) is 6.10 Å². The summed E-state index contributed by atoms with van der Waals surface area (Å²) in [6.45, 7) is -0.200. The first-order valence-electron chi connectivity index (χ1n) is 9.59. The fourth-order valence-electron chi connectivity index (χ4n) is 3.29. The monoisotopic (exact) mass is 421 g/mol. The summed E-state index contributed by atoms with van der Waals surface area (Å²) in [6.07, 6.45) is -8.21. The standard InChI is InChI=1S/C22H22F3NO4/c23-22(24,25)19(29-14-17-9-5-2-6-10-17)11-12-20(27)26-18(15-30-21(26)28)13-16-7-3-1-4-8-16/h1-10,18-19H,11-15H2/t18-,19?/m1/s1. The summed E-state index contributed by atoms with van der Waals surface area (Å²) in [5.74, 6) is -0.698. The van der Waals surface area contributed by atoms with Gasteiger partial charge in [-0.2, -0.15) is 13.2 Å². The minimum Gasteiger partial charge on any atom is -0.447 e. The van der Waals surface area contributed by atoms with Crippen LogP contribution in [0.5, 0.6) is 0 Å². The third kappa shape index (κ3) is 5.82. The smallest absolute Gasteiger partial charge is 0.416 e. The van der Waals surface area contributed by atoms with Crippen molar-refractivity contribution in [2.45, 2.75) is 44.2 Å². The number of hydrogen-bond donors (Lipinski definition) is 0. The Morgan fingerprint density at radius 3 is 2.27 bits per heavy atom. The van der Waals surface area contributed by atoms with Gasteiger partial charge < -0.3 is 9.47 Å². The van der Waals surface area contributed by atoms with E-state index >= 15 is 0 Å². The highest BCUT2D eigenvalue weighted by Crippen LogP contribution is 2.28. The zero-order valence-corrected chi connectivity index (χ0v) is 16.2. The van der Waals surface area contributed by atoms with Gasteiger partial charge in [-0.1, -0.05) is 60.7 Å². The maximum atomic E-state index is 13.3. The van der Waals surface area contributed by atoms with Crippen molar-refractivity contribution in [2.75, 3.05) is 6.61 Å². The number of hydrogen-bond acceptors (Lipinski definition) is 4. The van der Waals surface area contributed by atoms with Crippen LogP contribution in [0.4, 0.5) is 18.0 Å². The largest absolute Gasteiger partial charge is 0.447 e. The predicted octanol–water partition coefficient (Wildman–Crippen LogP) is 4.50. The maximum Gasteiger partial charge on any atom is 0.416 e. The highest BCUT2D eigenvalue weighted by molar-refractivity contribution is 5.93. The first-order chi connectivity index (χ1) is 14.3. The molecular formula is C22H22F3NO4. The van der Waals surface area contributed by atoms with Gasteiger partial charge in [0.25, 0.3) is 0 Å². The van der Waals surface area contributed by atoms with E-state index in [2.05, 4.69) is 0 Å². The van der Waals surface area contributed by atoms with E-state index in [1.165, 1.54) is 0 Å². The van der Waals surface area contributed by atoms with E-state index in [0.717, 1.165) is 10.5 Å². The molecule has 0 radical (unpaired) electrons. The zero-order chi connectivity index (χ0) is 21.6. The fraction of sp³-hybridized carbons (Fsp3) is 0.364. The maximum absolute atomic E-state index is 13.3. The summed E-state index contributed by atoms with van der Waals surface area (Å²) in [6, 6.07) is 17.1. The Hall–Kier alpha value is -2.87. The quantitative estimate of drug-likeness (QED) is 0.630. The van der Waals surface area contributed by atoms with Gasteiger partial charge in [0.05, 0.1) is 12.6 Å². The van der Waals surface area contributed by atoms with Crippen molar-refractivity contribution in [3.63, 3.8) is 0 Å². The van der Waals surface area contributed by atoms with Crippen molar-refractivity contribution in [3.05, 3.63) is 71.8 Å². The Morgan fingerprint density at radius 2 is 1.67 bits per heavy atom. The molecule has 2 atom stereocenters. The highest BCUT2D eigenvalue weighted by atomic mass is 19.4. The number of benzene rings is 2. The van der Waals surface area contributed by atoms with Crippen molar-refractivity contribution in [3.8, 4) is 0 Å². The van der Waals surface area contributed by atoms with E-state index in [-0.39, 0.29) is 13.2 Å². The van der Waals surface area contributed by atoms with Crippen LogP contribution in [0.3, 0.4) is 0 Å². The number of amides is 2. The first-order valence-corrected chi connectivity index (χ1v) is 9.59. The molecule has 1 aliphatic rings. The van der Waals surface area contributed by atoms with Gasteiger partial charge in [0.2, 0.25) is 5.91 Å². The number of nitrogens with zero attached hydrogens (tertiary/aromatic N) is 1. The number of imide groups is 1. The Bertz CT molecular complexity index is 842. The summed E-state index contributed by atoms with van der Waals surface area (Å²) < 4.78 is 50.1. The molecule has 2 aromatic rings. The topological polar surface area (TPSA) is 55.8 Å². The molecule has 1 aliphatic heterocycles. The second-order valence-corrected chi connectivity index (χ2v) is 7.05. The van der Waals surface area contributed by atoms with Gasteiger partial charge in [0.1, 0.15) is 6.61 Å². The molecule has 1 saturated heterocycles. The highest BCUT2D eigenvalue weighted by Gasteiger charge is 2.42. The summed E-state index contributed by atoms with van der Waals surface area (Å²) in [5, 5.41) is 0. The number of alkyl halides is 3. The Labute approximate surface area is 172 Å². The average molecular weight is 421 g/mol. The number of halogens is 3. The molecule has 0 aliphatic carbocycles. The van der Waals surface area contributed by atoms with Crippen LogP contribution in [0, 0.1) is 0 Å². The molecule has 1 fully saturated rings. The van der Waals surface area contributed by atoms with Crippen molar-refractivity contribution in [2.24, 2.45) is 0 Å². The normalized spacial score (nSPS) is 17.6. The lowest BCUT2D eigenvalue weighted by Gasteiger charge is -2.23. The molecular weight excluding hydrogens is 399 g/mol. The molecule has 0 N–H and O–H groups in total. The Morgan fingerprint density at radius 1 is 1.07 bits per heavy atom. The van der Waals surface area contributed by atoms with E-state index in [9.17, 15) is 22.8 Å². The van der Waals surface area contributed by atoms with E-state index in [1.807, 2.05) is 30.3 Å². The van der Waals surface area contributed by atoms with Crippen LogP contribution in [0.2, 0.25) is 0 Å². The molecule has 160 valence electrons. The lowest BCUT2D eigenvalue weighted by atomic mass is 10.1. The Kier molecular flexibility index (Phi) is 7.10. The molecule has 0 saturated carbocycles. The lowest BCUT2D eigenvalue weighted by Crippen LogP contribution is -2.41. The third-order valence-corrected chi connectivity index (χ3v) is 4.82. The molecule has 0 bridgehead atoms. The molecule has 3 rings (SSSR count). The molecule has 8 heteroatoms. The SMILES string of the molecule is O=C(CCC(OCc1ccccc1)C(F)(F)F)N1C(=O)OC[C@H]1Cc1ccccc1. The van der Waals surface area contributed by atoms with Crippen LogP contribution < -0.4 is 0 Å². The Balaban J connectivity index is 1.59. The van der Waals surface area contributed by atoms with Gasteiger partial charge in [-0.3, -0.25) is 4.79 Å². The number of carbonyl (C=O) groups excluding carboxylic acids is 2. The number of carbonyl (C=O) groups is 2. The van der Waals surface area contributed by atoms with E-state index < -0.39 is 43.2 Å². The lowest BCUT2D eigenvalue weighted by molar-refractivity contribution is -0.225. The van der Waals surface area contributed by atoms with Crippen LogP contribution in [-0.4, -0.2) is 41.8 Å². The summed E-state index contributed by atoms with van der Waals surface area (Å²) in [5.41, 5.74) is 1.50. The molecule has 0 spiro atoms. The summed E-state index contributed by atoms with van der Waals surface area (Å²) >= 11 is 0. The first kappa shape index (κ1) is 21.8. The van der Waals surface area contributed by atoms with Crippen LogP contribution in [0.15, 0.2) is 60.7 Å². The minimum absolute atomic E-state index is 0.0205. The number of ether oxygens (including phenoxy) is 2. The molecule has 2 aromatic carbocycles. The van der Waals surface area contributed by atoms with Gasteiger partial charge in [-0.15, -0.1) is 0 Å². The zero-order valence-electron chi connectivity index (χ0n) is 16.2. The van der Waals surface area contributed by atoms with Gasteiger partial charge >= 0.3 is 12.3 Å². The van der Waals surface area contributed by atoms with Gasteiger partial charge in [-0.05, 0) is 24.0 Å². The van der Waals surface area contributed by atoms with Crippen LogP contribution in [-0.2, 0) is 27.3 Å². The van der Waals surface area contributed by atoms with Crippen molar-refractivity contribution < 1.29 is 32.2 Å². The van der Waals surface area contributed by atoms with Gasteiger partial charge in [-0.25, -0.2) is 9.69 Å². The number of cyclic esters (lactones) is 1. The van der Waals surface area contributed by atoms with Crippen molar-refractivity contribution >= 4 is 12.0 Å². The summed E-state index contributed by atoms with van der Waals surface area (Å²) in [4.78, 5) is 25.5. The van der Waals surface area contributed by atoms with Crippen molar-refractivity contribution in [1.29, 1.82) is 0 Å². The van der Waals surface area contributed by atoms with Gasteiger partial charge in [0, 0.05) is 6.42 Å². The third-order valence-electron chi connectivity index (χ3n) is 4.82. The predicted molar refractivity (Wildman–Crippen MR) is 102 cm³/mol. The second-order valence-electron chi connectivity index (χ2n) is 7.05. The minimum atomic E-state index is -4.62. The van der Waals surface area contributed by atoms with E-state index in [0.29, 0.717) is 12.0 Å².